The van der Waals surface area contributed by atoms with Crippen molar-refractivity contribution in [2.75, 3.05) is 13.7 Å². The van der Waals surface area contributed by atoms with E-state index in [1.807, 2.05) is 42.2 Å². The summed E-state index contributed by atoms with van der Waals surface area (Å²) in [5, 5.41) is 0. The number of carbonyl (C=O) groups is 1. The molecule has 0 spiro atoms. The number of hydrogen-bond donors (Lipinski definition) is 0. The zero-order chi connectivity index (χ0) is 14.8. The highest BCUT2D eigenvalue weighted by molar-refractivity contribution is 5.96. The van der Waals surface area contributed by atoms with E-state index in [1.54, 1.807) is 7.11 Å². The summed E-state index contributed by atoms with van der Waals surface area (Å²) in [6.45, 7) is 3.45. The number of benzene rings is 2. The lowest BCUT2D eigenvalue weighted by atomic mass is 9.96. The summed E-state index contributed by atoms with van der Waals surface area (Å²) in [6, 6.07) is 14.0. The van der Waals surface area contributed by atoms with Gasteiger partial charge in [0.05, 0.1) is 7.11 Å². The van der Waals surface area contributed by atoms with Gasteiger partial charge in [0, 0.05) is 18.7 Å². The van der Waals surface area contributed by atoms with Crippen LogP contribution in [0.25, 0.3) is 0 Å². The lowest BCUT2D eigenvalue weighted by molar-refractivity contribution is 0.0727. The molecule has 0 N–H and O–H groups in total. The molecule has 0 saturated heterocycles. The molecule has 1 aliphatic rings. The monoisotopic (exact) mass is 281 g/mol. The molecule has 1 aliphatic heterocycles. The Morgan fingerprint density at radius 1 is 1.14 bits per heavy atom. The fourth-order valence-corrected chi connectivity index (χ4v) is 2.74. The van der Waals surface area contributed by atoms with Crippen molar-refractivity contribution in [1.29, 1.82) is 0 Å². The molecule has 3 heteroatoms. The first-order chi connectivity index (χ1) is 10.2. The number of fused-ring (bicyclic) bond motifs is 1. The molecule has 0 radical (unpaired) electrons. The lowest BCUT2D eigenvalue weighted by Gasteiger charge is -2.29. The summed E-state index contributed by atoms with van der Waals surface area (Å²) in [5.74, 6) is 0.973. The third kappa shape index (κ3) is 2.77. The molecule has 0 aromatic heterocycles. The van der Waals surface area contributed by atoms with Gasteiger partial charge in [-0.3, -0.25) is 4.79 Å². The van der Waals surface area contributed by atoms with Crippen molar-refractivity contribution < 1.29 is 9.53 Å². The topological polar surface area (TPSA) is 29.5 Å². The number of ether oxygens (including phenoxy) is 1. The number of hydrogen-bond acceptors (Lipinski definition) is 2. The second-order valence-electron chi connectivity index (χ2n) is 5.49. The number of nitrogens with zero attached hydrogens (tertiary/aromatic N) is 1. The van der Waals surface area contributed by atoms with E-state index in [-0.39, 0.29) is 5.91 Å². The molecule has 0 bridgehead atoms. The van der Waals surface area contributed by atoms with Crippen molar-refractivity contribution in [3.05, 3.63) is 64.7 Å². The van der Waals surface area contributed by atoms with E-state index in [0.717, 1.165) is 41.0 Å². The Kier molecular flexibility index (Phi) is 3.65. The molecule has 2 aromatic rings. The zero-order valence-electron chi connectivity index (χ0n) is 12.4. The van der Waals surface area contributed by atoms with Crippen LogP contribution in [-0.4, -0.2) is 24.5 Å². The van der Waals surface area contributed by atoms with Crippen LogP contribution in [0.15, 0.2) is 42.5 Å². The van der Waals surface area contributed by atoms with Gasteiger partial charge in [-0.15, -0.1) is 0 Å². The molecule has 3 nitrogen and oxygen atoms in total. The van der Waals surface area contributed by atoms with Crippen LogP contribution in [0.3, 0.4) is 0 Å². The minimum Gasteiger partial charge on any atom is -0.497 e. The second kappa shape index (κ2) is 5.60. The second-order valence-corrected chi connectivity index (χ2v) is 5.49. The summed E-state index contributed by atoms with van der Waals surface area (Å²) in [6.07, 6.45) is 0.928. The molecule has 108 valence electrons. The average Bonchev–Trinajstić information content (AvgIpc) is 2.51. The maximum atomic E-state index is 12.6. The Morgan fingerprint density at radius 2 is 1.90 bits per heavy atom. The molecule has 21 heavy (non-hydrogen) atoms. The maximum absolute atomic E-state index is 12.6. The highest BCUT2D eigenvalue weighted by Crippen LogP contribution is 2.22. The number of carbonyl (C=O) groups excluding carboxylic acids is 1. The average molecular weight is 281 g/mol. The normalized spacial score (nSPS) is 14.0. The van der Waals surface area contributed by atoms with Crippen molar-refractivity contribution in [1.82, 2.24) is 4.90 Å². The van der Waals surface area contributed by atoms with Crippen molar-refractivity contribution >= 4 is 5.91 Å². The van der Waals surface area contributed by atoms with E-state index in [1.165, 1.54) is 0 Å². The summed E-state index contributed by atoms with van der Waals surface area (Å²) in [7, 11) is 1.66. The van der Waals surface area contributed by atoms with Gasteiger partial charge in [-0.2, -0.15) is 0 Å². The first-order valence-electron chi connectivity index (χ1n) is 7.19. The largest absolute Gasteiger partial charge is 0.497 e. The Balaban J connectivity index is 1.79. The van der Waals surface area contributed by atoms with Crippen LogP contribution >= 0.6 is 0 Å². The van der Waals surface area contributed by atoms with Gasteiger partial charge < -0.3 is 9.64 Å². The fraction of sp³-hybridized carbons (Fsp3) is 0.278. The van der Waals surface area contributed by atoms with E-state index >= 15 is 0 Å². The Labute approximate surface area is 125 Å². The third-order valence-corrected chi connectivity index (χ3v) is 3.97. The first-order valence-corrected chi connectivity index (χ1v) is 7.19. The molecule has 0 fully saturated rings. The van der Waals surface area contributed by atoms with Gasteiger partial charge in [-0.25, -0.2) is 0 Å². The van der Waals surface area contributed by atoms with Crippen molar-refractivity contribution in [2.24, 2.45) is 0 Å². The highest BCUT2D eigenvalue weighted by Gasteiger charge is 2.24. The van der Waals surface area contributed by atoms with Gasteiger partial charge in [0.1, 0.15) is 5.75 Å². The zero-order valence-corrected chi connectivity index (χ0v) is 12.4. The highest BCUT2D eigenvalue weighted by atomic mass is 16.5. The number of methoxy groups -OCH3 is 1. The SMILES string of the molecule is COc1ccc(CN2CCc3ccc(C)cc3C2=O)cc1. The number of amides is 1. The van der Waals surface area contributed by atoms with Crippen molar-refractivity contribution in [3.8, 4) is 5.75 Å². The van der Waals surface area contributed by atoms with Crippen LogP contribution in [-0.2, 0) is 13.0 Å². The minimum atomic E-state index is 0.135. The van der Waals surface area contributed by atoms with E-state index in [2.05, 4.69) is 12.1 Å². The maximum Gasteiger partial charge on any atom is 0.254 e. The predicted molar refractivity (Wildman–Crippen MR) is 82.6 cm³/mol. The standard InChI is InChI=1S/C18H19NO2/c1-13-3-6-15-9-10-19(18(20)17(15)11-13)12-14-4-7-16(21-2)8-5-14/h3-8,11H,9-10,12H2,1-2H3. The van der Waals surface area contributed by atoms with Crippen LogP contribution in [0.2, 0.25) is 0 Å². The summed E-state index contributed by atoms with van der Waals surface area (Å²) in [5.41, 5.74) is 4.28. The van der Waals surface area contributed by atoms with Gasteiger partial charge in [0.2, 0.25) is 0 Å². The molecule has 1 heterocycles. The van der Waals surface area contributed by atoms with E-state index < -0.39 is 0 Å². The van der Waals surface area contributed by atoms with Crippen LogP contribution in [0.5, 0.6) is 5.75 Å². The summed E-state index contributed by atoms with van der Waals surface area (Å²) < 4.78 is 5.16. The fourth-order valence-electron chi connectivity index (χ4n) is 2.74. The van der Waals surface area contributed by atoms with Crippen LogP contribution in [0, 0.1) is 6.92 Å². The third-order valence-electron chi connectivity index (χ3n) is 3.97. The number of rotatable bonds is 3. The van der Waals surface area contributed by atoms with Gasteiger partial charge >= 0.3 is 0 Å². The van der Waals surface area contributed by atoms with Crippen molar-refractivity contribution in [2.45, 2.75) is 19.9 Å². The van der Waals surface area contributed by atoms with Crippen LogP contribution in [0.1, 0.15) is 27.0 Å². The Bertz CT molecular complexity index is 661. The van der Waals surface area contributed by atoms with Crippen LogP contribution in [0.4, 0.5) is 0 Å². The molecule has 0 atom stereocenters. The van der Waals surface area contributed by atoms with Gasteiger partial charge in [-0.05, 0) is 42.7 Å². The van der Waals surface area contributed by atoms with E-state index in [4.69, 9.17) is 4.74 Å². The smallest absolute Gasteiger partial charge is 0.254 e. The molecule has 0 saturated carbocycles. The van der Waals surface area contributed by atoms with Gasteiger partial charge in [0.25, 0.3) is 5.91 Å². The molecule has 1 amide bonds. The van der Waals surface area contributed by atoms with E-state index in [9.17, 15) is 4.79 Å². The molecular weight excluding hydrogens is 262 g/mol. The molecule has 0 aliphatic carbocycles. The summed E-state index contributed by atoms with van der Waals surface area (Å²) in [4.78, 5) is 14.5. The molecular formula is C18H19NO2. The molecule has 3 rings (SSSR count). The lowest BCUT2D eigenvalue weighted by Crippen LogP contribution is -2.37. The quantitative estimate of drug-likeness (QED) is 0.864. The number of aryl methyl sites for hydroxylation is 1. The molecule has 0 unspecified atom stereocenters. The Morgan fingerprint density at radius 3 is 2.62 bits per heavy atom. The summed E-state index contributed by atoms with van der Waals surface area (Å²) >= 11 is 0. The van der Waals surface area contributed by atoms with Crippen LogP contribution < -0.4 is 4.74 Å². The van der Waals surface area contributed by atoms with Gasteiger partial charge in [0.15, 0.2) is 0 Å². The molecule has 2 aromatic carbocycles. The van der Waals surface area contributed by atoms with Crippen molar-refractivity contribution in [3.63, 3.8) is 0 Å². The Hall–Kier alpha value is -2.29. The first kappa shape index (κ1) is 13.7. The minimum absolute atomic E-state index is 0.135. The van der Waals surface area contributed by atoms with E-state index in [0.29, 0.717) is 6.54 Å². The predicted octanol–water partition coefficient (Wildman–Crippen LogP) is 3.20. The van der Waals surface area contributed by atoms with Gasteiger partial charge in [-0.1, -0.05) is 29.8 Å².